The van der Waals surface area contributed by atoms with Crippen LogP contribution in [0.1, 0.15) is 31.2 Å². The van der Waals surface area contributed by atoms with Gasteiger partial charge in [0, 0.05) is 6.04 Å². The Bertz CT molecular complexity index is 377. The first-order chi connectivity index (χ1) is 8.75. The highest BCUT2D eigenvalue weighted by Crippen LogP contribution is 2.27. The number of benzene rings is 1. The predicted octanol–water partition coefficient (Wildman–Crippen LogP) is 2.46. The number of hydrogen-bond acceptors (Lipinski definition) is 2. The minimum Gasteiger partial charge on any atom is -0.480 e. The minimum atomic E-state index is -0.765. The van der Waals surface area contributed by atoms with E-state index in [0.29, 0.717) is 12.0 Å². The molecule has 2 N–H and O–H groups in total. The molecule has 2 unspecified atom stereocenters. The maximum absolute atomic E-state index is 10.6. The zero-order valence-electron chi connectivity index (χ0n) is 10.6. The van der Waals surface area contributed by atoms with Gasteiger partial charge in [-0.1, -0.05) is 43.2 Å². The maximum Gasteiger partial charge on any atom is 0.317 e. The van der Waals surface area contributed by atoms with Crippen LogP contribution in [0.3, 0.4) is 0 Å². The standard InChI is InChI=1S/C15H21NO2/c17-15(18)11-16-14-9-5-4-8-13(14)10-12-6-2-1-3-7-12/h1-3,6-7,13-14,16H,4-5,8-11H2,(H,17,18). The Morgan fingerprint density at radius 3 is 2.67 bits per heavy atom. The number of carboxylic acid groups (broad SMARTS) is 1. The molecule has 3 nitrogen and oxygen atoms in total. The minimum absolute atomic E-state index is 0.0793. The lowest BCUT2D eigenvalue weighted by molar-refractivity contribution is -0.136. The number of carboxylic acids is 1. The lowest BCUT2D eigenvalue weighted by Crippen LogP contribution is -2.41. The van der Waals surface area contributed by atoms with Crippen LogP contribution in [0.4, 0.5) is 0 Å². The van der Waals surface area contributed by atoms with Crippen LogP contribution < -0.4 is 5.32 Å². The van der Waals surface area contributed by atoms with Gasteiger partial charge in [0.25, 0.3) is 0 Å². The lowest BCUT2D eigenvalue weighted by Gasteiger charge is -2.32. The fraction of sp³-hybridized carbons (Fsp3) is 0.533. The highest BCUT2D eigenvalue weighted by molar-refractivity contribution is 5.69. The molecule has 0 saturated heterocycles. The molecule has 0 heterocycles. The summed E-state index contributed by atoms with van der Waals surface area (Å²) in [5.41, 5.74) is 1.35. The van der Waals surface area contributed by atoms with Gasteiger partial charge in [0.1, 0.15) is 0 Å². The third-order valence-corrected chi connectivity index (χ3v) is 3.77. The summed E-state index contributed by atoms with van der Waals surface area (Å²) in [5, 5.41) is 11.9. The Labute approximate surface area is 108 Å². The maximum atomic E-state index is 10.6. The summed E-state index contributed by atoms with van der Waals surface area (Å²) in [7, 11) is 0. The predicted molar refractivity (Wildman–Crippen MR) is 71.5 cm³/mol. The molecular formula is C15H21NO2. The molecule has 1 aliphatic rings. The van der Waals surface area contributed by atoms with E-state index in [1.54, 1.807) is 0 Å². The molecule has 1 fully saturated rings. The van der Waals surface area contributed by atoms with E-state index in [9.17, 15) is 4.79 Å². The van der Waals surface area contributed by atoms with Crippen LogP contribution >= 0.6 is 0 Å². The Morgan fingerprint density at radius 1 is 1.22 bits per heavy atom. The largest absolute Gasteiger partial charge is 0.480 e. The van der Waals surface area contributed by atoms with Crippen LogP contribution in [0, 0.1) is 5.92 Å². The van der Waals surface area contributed by atoms with Gasteiger partial charge in [0.2, 0.25) is 0 Å². The highest BCUT2D eigenvalue weighted by Gasteiger charge is 2.25. The molecule has 0 spiro atoms. The van der Waals surface area contributed by atoms with Crippen LogP contribution in [0.2, 0.25) is 0 Å². The van der Waals surface area contributed by atoms with Crippen molar-refractivity contribution in [2.75, 3.05) is 6.54 Å². The average molecular weight is 247 g/mol. The first kappa shape index (κ1) is 13.1. The fourth-order valence-corrected chi connectivity index (χ4v) is 2.86. The van der Waals surface area contributed by atoms with Crippen LogP contribution in [-0.4, -0.2) is 23.7 Å². The molecule has 3 heteroatoms. The van der Waals surface area contributed by atoms with Crippen molar-refractivity contribution >= 4 is 5.97 Å². The van der Waals surface area contributed by atoms with Crippen molar-refractivity contribution in [3.8, 4) is 0 Å². The Hall–Kier alpha value is -1.35. The van der Waals surface area contributed by atoms with Crippen molar-refractivity contribution in [1.29, 1.82) is 0 Å². The molecule has 0 aromatic heterocycles. The number of nitrogens with one attached hydrogen (secondary N) is 1. The zero-order chi connectivity index (χ0) is 12.8. The Morgan fingerprint density at radius 2 is 1.94 bits per heavy atom. The van der Waals surface area contributed by atoms with Gasteiger partial charge in [0.05, 0.1) is 6.54 Å². The van der Waals surface area contributed by atoms with Gasteiger partial charge in [-0.25, -0.2) is 0 Å². The molecule has 98 valence electrons. The molecule has 0 amide bonds. The molecule has 1 aliphatic carbocycles. The molecule has 0 aliphatic heterocycles. The van der Waals surface area contributed by atoms with Crippen molar-refractivity contribution in [2.45, 2.75) is 38.1 Å². The van der Waals surface area contributed by atoms with E-state index in [2.05, 4.69) is 29.6 Å². The first-order valence-corrected chi connectivity index (χ1v) is 6.75. The first-order valence-electron chi connectivity index (χ1n) is 6.75. The molecule has 18 heavy (non-hydrogen) atoms. The number of rotatable bonds is 5. The van der Waals surface area contributed by atoms with Crippen LogP contribution in [-0.2, 0) is 11.2 Å². The number of aliphatic carboxylic acids is 1. The highest BCUT2D eigenvalue weighted by atomic mass is 16.4. The van der Waals surface area contributed by atoms with E-state index < -0.39 is 5.97 Å². The van der Waals surface area contributed by atoms with Crippen LogP contribution in [0.15, 0.2) is 30.3 Å². The molecule has 1 aromatic rings. The summed E-state index contributed by atoms with van der Waals surface area (Å²) in [6, 6.07) is 10.8. The monoisotopic (exact) mass is 247 g/mol. The fourth-order valence-electron chi connectivity index (χ4n) is 2.86. The smallest absolute Gasteiger partial charge is 0.317 e. The summed E-state index contributed by atoms with van der Waals surface area (Å²) in [5.74, 6) is -0.195. The molecule has 2 rings (SSSR count). The molecule has 0 radical (unpaired) electrons. The number of hydrogen-bond donors (Lipinski definition) is 2. The van der Waals surface area contributed by atoms with Gasteiger partial charge in [-0.2, -0.15) is 0 Å². The van der Waals surface area contributed by atoms with Gasteiger partial charge in [-0.15, -0.1) is 0 Å². The van der Waals surface area contributed by atoms with Crippen molar-refractivity contribution in [1.82, 2.24) is 5.32 Å². The van der Waals surface area contributed by atoms with Crippen molar-refractivity contribution in [2.24, 2.45) is 5.92 Å². The number of carbonyl (C=O) groups is 1. The topological polar surface area (TPSA) is 49.3 Å². The van der Waals surface area contributed by atoms with E-state index in [4.69, 9.17) is 5.11 Å². The van der Waals surface area contributed by atoms with Crippen molar-refractivity contribution in [3.05, 3.63) is 35.9 Å². The third-order valence-electron chi connectivity index (χ3n) is 3.77. The molecular weight excluding hydrogens is 226 g/mol. The van der Waals surface area contributed by atoms with Gasteiger partial charge in [-0.3, -0.25) is 4.79 Å². The second kappa shape index (κ2) is 6.55. The summed E-state index contributed by atoms with van der Waals surface area (Å²) in [4.78, 5) is 10.6. The summed E-state index contributed by atoms with van der Waals surface area (Å²) in [6.45, 7) is 0.0793. The van der Waals surface area contributed by atoms with E-state index in [1.165, 1.54) is 24.8 Å². The summed E-state index contributed by atoms with van der Waals surface area (Å²) >= 11 is 0. The van der Waals surface area contributed by atoms with E-state index in [1.807, 2.05) is 6.07 Å². The van der Waals surface area contributed by atoms with E-state index in [-0.39, 0.29) is 6.54 Å². The van der Waals surface area contributed by atoms with E-state index >= 15 is 0 Å². The van der Waals surface area contributed by atoms with Gasteiger partial charge in [0.15, 0.2) is 0 Å². The Balaban J connectivity index is 1.93. The summed E-state index contributed by atoms with van der Waals surface area (Å²) in [6.07, 6.45) is 5.83. The molecule has 0 bridgehead atoms. The quantitative estimate of drug-likeness (QED) is 0.840. The SMILES string of the molecule is O=C(O)CNC1CCCCC1Cc1ccccc1. The summed E-state index contributed by atoms with van der Waals surface area (Å²) < 4.78 is 0. The van der Waals surface area contributed by atoms with Gasteiger partial charge >= 0.3 is 5.97 Å². The van der Waals surface area contributed by atoms with E-state index in [0.717, 1.165) is 12.8 Å². The molecule has 2 atom stereocenters. The van der Waals surface area contributed by atoms with Gasteiger partial charge in [-0.05, 0) is 30.7 Å². The normalized spacial score (nSPS) is 23.8. The lowest BCUT2D eigenvalue weighted by atomic mass is 9.80. The average Bonchev–Trinajstić information content (AvgIpc) is 2.39. The van der Waals surface area contributed by atoms with Gasteiger partial charge < -0.3 is 10.4 Å². The second-order valence-corrected chi connectivity index (χ2v) is 5.12. The van der Waals surface area contributed by atoms with Crippen molar-refractivity contribution in [3.63, 3.8) is 0 Å². The third kappa shape index (κ3) is 3.84. The second-order valence-electron chi connectivity index (χ2n) is 5.12. The van der Waals surface area contributed by atoms with Crippen LogP contribution in [0.5, 0.6) is 0 Å². The molecule has 1 aromatic carbocycles. The van der Waals surface area contributed by atoms with Crippen molar-refractivity contribution < 1.29 is 9.90 Å². The Kier molecular flexibility index (Phi) is 4.76. The zero-order valence-corrected chi connectivity index (χ0v) is 10.6. The van der Waals surface area contributed by atoms with Crippen LogP contribution in [0.25, 0.3) is 0 Å². The molecule has 1 saturated carbocycles.